The number of carbonyl (C=O) groups excluding carboxylic acids is 2. The number of carbonyl (C=O) groups is 2. The maximum Gasteiger partial charge on any atom is 0.325 e. The summed E-state index contributed by atoms with van der Waals surface area (Å²) in [5.74, 6) is 0.116. The van der Waals surface area contributed by atoms with Gasteiger partial charge in [-0.15, -0.1) is 0 Å². The first-order valence-corrected chi connectivity index (χ1v) is 5.83. The lowest BCUT2D eigenvalue weighted by Gasteiger charge is -2.17. The van der Waals surface area contributed by atoms with Crippen molar-refractivity contribution in [3.8, 4) is 0 Å². The first-order chi connectivity index (χ1) is 7.63. The number of esters is 1. The Hall–Kier alpha value is -1.26. The highest BCUT2D eigenvalue weighted by Crippen LogP contribution is 2.24. The van der Waals surface area contributed by atoms with Crippen molar-refractivity contribution < 1.29 is 14.3 Å². The average molecular weight is 228 g/mol. The van der Waals surface area contributed by atoms with Gasteiger partial charge in [0.1, 0.15) is 6.54 Å². The van der Waals surface area contributed by atoms with E-state index in [0.29, 0.717) is 12.5 Å². The minimum absolute atomic E-state index is 0.0687. The van der Waals surface area contributed by atoms with Crippen LogP contribution in [0, 0.1) is 5.92 Å². The Morgan fingerprint density at radius 2 is 2.12 bits per heavy atom. The molecule has 92 valence electrons. The molecule has 2 N–H and O–H groups in total. The zero-order chi connectivity index (χ0) is 12.0. The van der Waals surface area contributed by atoms with Crippen LogP contribution in [0.2, 0.25) is 0 Å². The van der Waals surface area contributed by atoms with Crippen molar-refractivity contribution in [1.82, 2.24) is 10.6 Å². The Bertz CT molecular complexity index is 256. The number of hydrogen-bond donors (Lipinski definition) is 2. The fraction of sp³-hybridized carbons (Fsp3) is 0.818. The van der Waals surface area contributed by atoms with Gasteiger partial charge in [-0.05, 0) is 25.7 Å². The van der Waals surface area contributed by atoms with Crippen molar-refractivity contribution in [3.63, 3.8) is 0 Å². The van der Waals surface area contributed by atoms with Crippen molar-refractivity contribution in [2.45, 2.75) is 39.2 Å². The molecule has 16 heavy (non-hydrogen) atoms. The molecule has 1 fully saturated rings. The lowest BCUT2D eigenvalue weighted by atomic mass is 10.1. The first-order valence-electron chi connectivity index (χ1n) is 5.83. The average Bonchev–Trinajstić information content (AvgIpc) is 2.62. The third-order valence-electron chi connectivity index (χ3n) is 2.88. The van der Waals surface area contributed by atoms with Crippen LogP contribution in [0.1, 0.15) is 33.1 Å². The van der Waals surface area contributed by atoms with Crippen molar-refractivity contribution in [3.05, 3.63) is 0 Å². The summed E-state index contributed by atoms with van der Waals surface area (Å²) in [6.07, 6.45) is 3.33. The van der Waals surface area contributed by atoms with Gasteiger partial charge in [0.2, 0.25) is 0 Å². The Labute approximate surface area is 95.9 Å². The van der Waals surface area contributed by atoms with Crippen molar-refractivity contribution >= 4 is 12.0 Å². The first kappa shape index (κ1) is 12.8. The summed E-state index contributed by atoms with van der Waals surface area (Å²) in [5, 5.41) is 5.36. The van der Waals surface area contributed by atoms with Gasteiger partial charge in [0.25, 0.3) is 0 Å². The molecular formula is C11H20N2O3. The van der Waals surface area contributed by atoms with Gasteiger partial charge in [-0.3, -0.25) is 4.79 Å². The molecule has 0 aromatic heterocycles. The number of nitrogens with one attached hydrogen (secondary N) is 2. The van der Waals surface area contributed by atoms with E-state index < -0.39 is 5.97 Å². The smallest absolute Gasteiger partial charge is 0.325 e. The zero-order valence-corrected chi connectivity index (χ0v) is 9.91. The molecule has 0 heterocycles. The SMILES string of the molecule is CCOC(=O)CNC(=O)NC1CCCC1C. The summed E-state index contributed by atoms with van der Waals surface area (Å²) < 4.78 is 4.70. The van der Waals surface area contributed by atoms with Crippen LogP contribution in [-0.4, -0.2) is 31.2 Å². The molecule has 0 aromatic carbocycles. The van der Waals surface area contributed by atoms with Crippen LogP contribution in [0.3, 0.4) is 0 Å². The van der Waals surface area contributed by atoms with Crippen LogP contribution < -0.4 is 10.6 Å². The molecule has 1 saturated carbocycles. The second-order valence-corrected chi connectivity index (χ2v) is 4.15. The number of hydrogen-bond acceptors (Lipinski definition) is 3. The van der Waals surface area contributed by atoms with Crippen LogP contribution in [-0.2, 0) is 9.53 Å². The molecule has 2 atom stereocenters. The van der Waals surface area contributed by atoms with E-state index in [9.17, 15) is 9.59 Å². The Kier molecular flexibility index (Phi) is 5.08. The van der Waals surface area contributed by atoms with Gasteiger partial charge in [0.15, 0.2) is 0 Å². The molecule has 2 unspecified atom stereocenters. The van der Waals surface area contributed by atoms with Gasteiger partial charge in [0, 0.05) is 6.04 Å². The van der Waals surface area contributed by atoms with E-state index >= 15 is 0 Å². The molecule has 5 nitrogen and oxygen atoms in total. The van der Waals surface area contributed by atoms with E-state index in [1.165, 1.54) is 0 Å². The molecule has 0 radical (unpaired) electrons. The topological polar surface area (TPSA) is 67.4 Å². The van der Waals surface area contributed by atoms with E-state index in [0.717, 1.165) is 19.3 Å². The summed E-state index contributed by atoms with van der Waals surface area (Å²) in [7, 11) is 0. The second kappa shape index (κ2) is 6.35. The molecule has 0 bridgehead atoms. The monoisotopic (exact) mass is 228 g/mol. The fourth-order valence-corrected chi connectivity index (χ4v) is 1.94. The van der Waals surface area contributed by atoms with E-state index in [4.69, 9.17) is 4.74 Å². The van der Waals surface area contributed by atoms with Crippen molar-refractivity contribution in [2.24, 2.45) is 5.92 Å². The van der Waals surface area contributed by atoms with Crippen LogP contribution in [0.5, 0.6) is 0 Å². The normalized spacial score (nSPS) is 23.9. The third-order valence-corrected chi connectivity index (χ3v) is 2.88. The van der Waals surface area contributed by atoms with Crippen LogP contribution >= 0.6 is 0 Å². The fourth-order valence-electron chi connectivity index (χ4n) is 1.94. The number of amides is 2. The van der Waals surface area contributed by atoms with Gasteiger partial charge in [0.05, 0.1) is 6.61 Å². The van der Waals surface area contributed by atoms with Crippen LogP contribution in [0.15, 0.2) is 0 Å². The maximum absolute atomic E-state index is 11.4. The molecule has 1 rings (SSSR count). The summed E-state index contributed by atoms with van der Waals surface area (Å²) in [6, 6.07) is -0.0472. The van der Waals surface area contributed by atoms with E-state index in [2.05, 4.69) is 17.6 Å². The van der Waals surface area contributed by atoms with Crippen molar-refractivity contribution in [1.29, 1.82) is 0 Å². The molecule has 0 spiro atoms. The van der Waals surface area contributed by atoms with Crippen molar-refractivity contribution in [2.75, 3.05) is 13.2 Å². The molecule has 0 aromatic rings. The predicted octanol–water partition coefficient (Wildman–Crippen LogP) is 1.04. The van der Waals surface area contributed by atoms with Gasteiger partial charge in [-0.1, -0.05) is 13.3 Å². The second-order valence-electron chi connectivity index (χ2n) is 4.15. The molecule has 2 amide bonds. The lowest BCUT2D eigenvalue weighted by molar-refractivity contribution is -0.141. The highest BCUT2D eigenvalue weighted by Gasteiger charge is 2.24. The lowest BCUT2D eigenvalue weighted by Crippen LogP contribution is -2.44. The number of ether oxygens (including phenoxy) is 1. The predicted molar refractivity (Wildman–Crippen MR) is 60.0 cm³/mol. The van der Waals surface area contributed by atoms with Gasteiger partial charge < -0.3 is 15.4 Å². The third kappa shape index (κ3) is 4.08. The minimum Gasteiger partial charge on any atom is -0.465 e. The standard InChI is InChI=1S/C11H20N2O3/c1-3-16-10(14)7-12-11(15)13-9-6-4-5-8(9)2/h8-9H,3-7H2,1-2H3,(H2,12,13,15). The summed E-state index contributed by atoms with van der Waals surface area (Å²) in [4.78, 5) is 22.4. The molecule has 0 saturated heterocycles. The maximum atomic E-state index is 11.4. The summed E-state index contributed by atoms with van der Waals surface area (Å²) in [5.41, 5.74) is 0. The quantitative estimate of drug-likeness (QED) is 0.706. The highest BCUT2D eigenvalue weighted by molar-refractivity contribution is 5.80. The van der Waals surface area contributed by atoms with Gasteiger partial charge in [-0.25, -0.2) is 4.79 Å². The molecule has 1 aliphatic carbocycles. The van der Waals surface area contributed by atoms with Gasteiger partial charge in [-0.2, -0.15) is 0 Å². The molecule has 5 heteroatoms. The van der Waals surface area contributed by atoms with Crippen LogP contribution in [0.4, 0.5) is 4.79 Å². The highest BCUT2D eigenvalue weighted by atomic mass is 16.5. The zero-order valence-electron chi connectivity index (χ0n) is 9.91. The number of rotatable bonds is 4. The summed E-state index contributed by atoms with van der Waals surface area (Å²) >= 11 is 0. The van der Waals surface area contributed by atoms with E-state index in [-0.39, 0.29) is 18.6 Å². The Balaban J connectivity index is 2.18. The van der Waals surface area contributed by atoms with Gasteiger partial charge >= 0.3 is 12.0 Å². The Morgan fingerprint density at radius 3 is 2.69 bits per heavy atom. The molecule has 0 aliphatic heterocycles. The minimum atomic E-state index is -0.405. The summed E-state index contributed by atoms with van der Waals surface area (Å²) in [6.45, 7) is 4.13. The molecule has 1 aliphatic rings. The van der Waals surface area contributed by atoms with E-state index in [1.54, 1.807) is 6.92 Å². The van der Waals surface area contributed by atoms with Crippen LogP contribution in [0.25, 0.3) is 0 Å². The largest absolute Gasteiger partial charge is 0.465 e. The number of urea groups is 1. The molecular weight excluding hydrogens is 208 g/mol. The Morgan fingerprint density at radius 1 is 1.38 bits per heavy atom. The van der Waals surface area contributed by atoms with E-state index in [1.807, 2.05) is 0 Å².